The Labute approximate surface area is 359 Å². The molecule has 302 valence electrons. The van der Waals surface area contributed by atoms with E-state index in [-0.39, 0.29) is 23.8 Å². The molecule has 4 heteroatoms. The van der Waals surface area contributed by atoms with Gasteiger partial charge in [-0.1, -0.05) is 0 Å². The maximum absolute atomic E-state index is 2.72. The maximum atomic E-state index is 2.72. The molecule has 0 saturated heterocycles. The van der Waals surface area contributed by atoms with Gasteiger partial charge >= 0.3 is 361 Å². The van der Waals surface area contributed by atoms with E-state index in [2.05, 4.69) is 156 Å². The van der Waals surface area contributed by atoms with Crippen molar-refractivity contribution in [2.75, 3.05) is 0 Å². The molecule has 6 aromatic carbocycles. The quantitative estimate of drug-likeness (QED) is 0.0849. The van der Waals surface area contributed by atoms with Crippen molar-refractivity contribution >= 4 is 99.7 Å². The molecule has 0 aliphatic heterocycles. The normalized spacial score (nSPS) is 15.0. The van der Waals surface area contributed by atoms with Crippen molar-refractivity contribution in [2.45, 2.75) is 156 Å². The number of hydrogen-bond donors (Lipinski definition) is 0. The molecular formula is C54H66AsP3. The zero-order valence-corrected chi connectivity index (χ0v) is 42.0. The summed E-state index contributed by atoms with van der Waals surface area (Å²) in [5.41, 5.74) is 13.4. The van der Waals surface area contributed by atoms with Gasteiger partial charge in [0, 0.05) is 0 Å². The van der Waals surface area contributed by atoms with Crippen molar-refractivity contribution in [3.63, 3.8) is 0 Å². The summed E-state index contributed by atoms with van der Waals surface area (Å²) in [6.45, 7) is 30.1. The minimum atomic E-state index is -2.28. The first-order valence-electron chi connectivity index (χ1n) is 22.7. The fourth-order valence-electron chi connectivity index (χ4n) is 11.9. The molecule has 9 rings (SSSR count). The van der Waals surface area contributed by atoms with Gasteiger partial charge in [-0.15, -0.1) is 0 Å². The van der Waals surface area contributed by atoms with E-state index in [9.17, 15) is 0 Å². The Kier molecular flexibility index (Phi) is 11.4. The zero-order valence-electron chi connectivity index (χ0n) is 37.4. The van der Waals surface area contributed by atoms with Gasteiger partial charge in [-0.2, -0.15) is 0 Å². The first kappa shape index (κ1) is 41.3. The van der Waals surface area contributed by atoms with E-state index in [1.807, 2.05) is 0 Å². The predicted octanol–water partition coefficient (Wildman–Crippen LogP) is 11.7. The molecule has 3 aliphatic rings. The summed E-state index contributed by atoms with van der Waals surface area (Å²) in [6, 6.07) is 31.6. The van der Waals surface area contributed by atoms with E-state index in [1.54, 1.807) is 94.7 Å². The molecule has 0 radical (unpaired) electrons. The summed E-state index contributed by atoms with van der Waals surface area (Å²) in [5.74, 6) is 0. The van der Waals surface area contributed by atoms with E-state index in [1.165, 1.54) is 38.5 Å². The molecule has 0 fully saturated rings. The van der Waals surface area contributed by atoms with Gasteiger partial charge in [-0.25, -0.2) is 0 Å². The molecule has 0 atom stereocenters. The van der Waals surface area contributed by atoms with Crippen LogP contribution in [0.1, 0.15) is 116 Å². The van der Waals surface area contributed by atoms with Gasteiger partial charge in [0.15, 0.2) is 0 Å². The van der Waals surface area contributed by atoms with Crippen LogP contribution in [0, 0.1) is 0 Å². The molecule has 0 saturated carbocycles. The zero-order chi connectivity index (χ0) is 40.9. The van der Waals surface area contributed by atoms with Gasteiger partial charge in [0.25, 0.3) is 0 Å². The van der Waals surface area contributed by atoms with Gasteiger partial charge in [0.05, 0.1) is 0 Å². The van der Waals surface area contributed by atoms with Gasteiger partial charge < -0.3 is 0 Å². The van der Waals surface area contributed by atoms with E-state index in [0.717, 1.165) is 0 Å². The molecule has 3 aliphatic carbocycles. The first-order valence-corrected chi connectivity index (χ1v) is 29.9. The van der Waals surface area contributed by atoms with Gasteiger partial charge in [0.1, 0.15) is 0 Å². The second-order valence-corrected chi connectivity index (χ2v) is 33.9. The Morgan fingerprint density at radius 2 is 0.500 bits per heavy atom. The third-order valence-electron chi connectivity index (χ3n) is 13.8. The Balaban J connectivity index is 1.50. The summed E-state index contributed by atoms with van der Waals surface area (Å²) in [5, 5.41) is 15.0. The van der Waals surface area contributed by atoms with Crippen molar-refractivity contribution in [2.24, 2.45) is 0 Å². The molecule has 0 N–H and O–H groups in total. The third-order valence-corrected chi connectivity index (χ3v) is 28.6. The molecule has 0 aromatic heterocycles. The van der Waals surface area contributed by atoms with E-state index in [4.69, 9.17) is 0 Å². The molecule has 0 nitrogen and oxygen atoms in total. The van der Waals surface area contributed by atoms with Crippen LogP contribution in [0.4, 0.5) is 0 Å². The van der Waals surface area contributed by atoms with Gasteiger partial charge in [-0.05, 0) is 0 Å². The van der Waals surface area contributed by atoms with E-state index >= 15 is 0 Å². The minimum absolute atomic E-state index is 0.357. The Morgan fingerprint density at radius 3 is 0.707 bits per heavy atom. The SMILES string of the molecule is CC(C)P(c1ccc2c3c(ccc([As](c4ccc5c6c(ccc(P(C(C)C)C(C)C)c46)CC5)c4ccc5c6c(ccc(P(C(C)C)C(C)C)c46)CC5)c13)CC2)C(C)C. The standard InChI is InChI=1S/C54H66AsP3/c1-31(2)56(32(3)4)46-28-22-40-16-13-37-19-25-43(52(46)49(37)40)55(44-26-20-38-14-17-41-23-29-47(53(44)50(38)41)57(33(5)6)34(7)8)45-27-21-39-15-18-42-24-30-48(54(45)51(39)42)58(35(9)10)36(11)12/h19-36H,13-18H2,1-12H3. The topological polar surface area (TPSA) is 0 Å². The molecule has 6 aromatic rings. The van der Waals surface area contributed by atoms with E-state index < -0.39 is 14.7 Å². The van der Waals surface area contributed by atoms with Crippen LogP contribution in [0.15, 0.2) is 72.8 Å². The Bertz CT molecular complexity index is 2240. The molecule has 0 heterocycles. The Hall–Kier alpha value is -2.05. The van der Waals surface area contributed by atoms with Crippen LogP contribution < -0.4 is 29.0 Å². The molecule has 0 spiro atoms. The number of rotatable bonds is 12. The summed E-state index contributed by atoms with van der Waals surface area (Å²) >= 11 is -2.28. The van der Waals surface area contributed by atoms with Crippen LogP contribution in [-0.2, 0) is 38.5 Å². The molecule has 0 amide bonds. The van der Waals surface area contributed by atoms with Gasteiger partial charge in [0.2, 0.25) is 0 Å². The van der Waals surface area contributed by atoms with Crippen LogP contribution in [0.25, 0.3) is 32.3 Å². The fourth-order valence-corrected chi connectivity index (χ4v) is 27.5. The fraction of sp³-hybridized carbons (Fsp3) is 0.444. The summed E-state index contributed by atoms with van der Waals surface area (Å²) in [7, 11) is -1.07. The van der Waals surface area contributed by atoms with Crippen molar-refractivity contribution < 1.29 is 0 Å². The molecule has 58 heavy (non-hydrogen) atoms. The second-order valence-electron chi connectivity index (χ2n) is 19.3. The summed E-state index contributed by atoms with van der Waals surface area (Å²) in [6.07, 6.45) is 7.08. The monoisotopic (exact) mass is 882 g/mol. The van der Waals surface area contributed by atoms with Crippen molar-refractivity contribution in [3.8, 4) is 0 Å². The van der Waals surface area contributed by atoms with Crippen LogP contribution in [0.2, 0.25) is 0 Å². The van der Waals surface area contributed by atoms with Crippen LogP contribution in [0.3, 0.4) is 0 Å². The third kappa shape index (κ3) is 6.64. The molecular weight excluding hydrogens is 816 g/mol. The average Bonchev–Trinajstić information content (AvgIpc) is 3.91. The van der Waals surface area contributed by atoms with Gasteiger partial charge in [-0.3, -0.25) is 0 Å². The number of aryl methyl sites for hydroxylation is 6. The number of hydrogen-bond acceptors (Lipinski definition) is 0. The number of benzene rings is 6. The van der Waals surface area contributed by atoms with Crippen LogP contribution in [-0.4, -0.2) is 48.6 Å². The molecule has 0 bridgehead atoms. The van der Waals surface area contributed by atoms with Crippen molar-refractivity contribution in [3.05, 3.63) is 106 Å². The summed E-state index contributed by atoms with van der Waals surface area (Å²) in [4.78, 5) is 0. The average molecular weight is 883 g/mol. The first-order chi connectivity index (χ1) is 27.8. The van der Waals surface area contributed by atoms with Crippen molar-refractivity contribution in [1.29, 1.82) is 0 Å². The summed E-state index contributed by atoms with van der Waals surface area (Å²) < 4.78 is 5.14. The van der Waals surface area contributed by atoms with Crippen LogP contribution in [0.5, 0.6) is 0 Å². The predicted molar refractivity (Wildman–Crippen MR) is 269 cm³/mol. The van der Waals surface area contributed by atoms with Crippen LogP contribution >= 0.6 is 23.8 Å². The second kappa shape index (κ2) is 16.0. The Morgan fingerprint density at radius 1 is 0.293 bits per heavy atom. The van der Waals surface area contributed by atoms with Crippen molar-refractivity contribution in [1.82, 2.24) is 0 Å². The molecule has 0 unspecified atom stereocenters. The van der Waals surface area contributed by atoms with E-state index in [0.29, 0.717) is 34.0 Å².